The van der Waals surface area contributed by atoms with Crippen molar-refractivity contribution in [2.75, 3.05) is 5.32 Å². The van der Waals surface area contributed by atoms with E-state index in [2.05, 4.69) is 90.2 Å². The van der Waals surface area contributed by atoms with Gasteiger partial charge in [-0.15, -0.1) is 0 Å². The second-order valence-electron chi connectivity index (χ2n) is 7.39. The fourth-order valence-electron chi connectivity index (χ4n) is 3.73. The lowest BCUT2D eigenvalue weighted by atomic mass is 10.0. The Balaban J connectivity index is 1.60. The predicted octanol–water partition coefficient (Wildman–Crippen LogP) is 7.83. The number of rotatable bonds is 5. The van der Waals surface area contributed by atoms with Crippen LogP contribution in [0.3, 0.4) is 0 Å². The van der Waals surface area contributed by atoms with Crippen LogP contribution in [0.2, 0.25) is 0 Å². The number of anilines is 2. The van der Waals surface area contributed by atoms with Crippen molar-refractivity contribution in [2.45, 2.75) is 0 Å². The summed E-state index contributed by atoms with van der Waals surface area (Å²) in [5.74, 6) is 0. The summed E-state index contributed by atoms with van der Waals surface area (Å²) in [5, 5.41) is 3.65. The zero-order valence-electron chi connectivity index (χ0n) is 17.1. The Morgan fingerprint density at radius 1 is 0.452 bits per heavy atom. The van der Waals surface area contributed by atoms with E-state index in [1.807, 2.05) is 42.5 Å². The van der Waals surface area contributed by atoms with Gasteiger partial charge in [-0.3, -0.25) is 0 Å². The number of nitrogens with one attached hydrogen (secondary N) is 1. The van der Waals surface area contributed by atoms with E-state index in [0.717, 1.165) is 33.9 Å². The molecule has 4 aromatic carbocycles. The standard InChI is InChI=1S/C29H22N2/c1-4-12-22(13-5-1)26-18-10-11-19-27(26)30-25-20-28(23-14-6-2-7-15-23)31-29(21-25)24-16-8-3-9-17-24/h1-21H,(H,30,31). The smallest absolute Gasteiger partial charge is 0.0730 e. The Morgan fingerprint density at radius 2 is 0.903 bits per heavy atom. The second-order valence-corrected chi connectivity index (χ2v) is 7.39. The average molecular weight is 399 g/mol. The maximum Gasteiger partial charge on any atom is 0.0730 e. The topological polar surface area (TPSA) is 24.9 Å². The number of aromatic nitrogens is 1. The van der Waals surface area contributed by atoms with E-state index < -0.39 is 0 Å². The molecule has 1 N–H and O–H groups in total. The van der Waals surface area contributed by atoms with Crippen LogP contribution in [0, 0.1) is 0 Å². The molecule has 0 radical (unpaired) electrons. The molecule has 0 amide bonds. The third kappa shape index (κ3) is 4.24. The first kappa shape index (κ1) is 18.8. The van der Waals surface area contributed by atoms with E-state index in [1.54, 1.807) is 0 Å². The molecule has 0 saturated heterocycles. The largest absolute Gasteiger partial charge is 0.355 e. The number of pyridine rings is 1. The summed E-state index contributed by atoms with van der Waals surface area (Å²) in [4.78, 5) is 4.96. The number of para-hydroxylation sites is 1. The molecule has 0 aliphatic heterocycles. The fourth-order valence-corrected chi connectivity index (χ4v) is 3.73. The van der Waals surface area contributed by atoms with E-state index in [4.69, 9.17) is 4.98 Å². The Bertz CT molecular complexity index is 1220. The molecular weight excluding hydrogens is 376 g/mol. The lowest BCUT2D eigenvalue weighted by Gasteiger charge is -2.15. The van der Waals surface area contributed by atoms with Gasteiger partial charge in [-0.05, 0) is 23.8 Å². The highest BCUT2D eigenvalue weighted by molar-refractivity contribution is 5.83. The van der Waals surface area contributed by atoms with Crippen LogP contribution >= 0.6 is 0 Å². The molecule has 0 atom stereocenters. The van der Waals surface area contributed by atoms with Crippen molar-refractivity contribution in [1.29, 1.82) is 0 Å². The number of hydrogen-bond acceptors (Lipinski definition) is 2. The lowest BCUT2D eigenvalue weighted by molar-refractivity contribution is 1.32. The molecule has 2 heteroatoms. The van der Waals surface area contributed by atoms with Crippen LogP contribution in [0.4, 0.5) is 11.4 Å². The Hall–Kier alpha value is -4.17. The van der Waals surface area contributed by atoms with Gasteiger partial charge in [0, 0.05) is 28.1 Å². The minimum absolute atomic E-state index is 0.946. The van der Waals surface area contributed by atoms with Crippen molar-refractivity contribution in [2.24, 2.45) is 0 Å². The van der Waals surface area contributed by atoms with Gasteiger partial charge in [-0.1, -0.05) is 109 Å². The molecule has 0 unspecified atom stereocenters. The third-order valence-corrected chi connectivity index (χ3v) is 5.26. The summed E-state index contributed by atoms with van der Waals surface area (Å²) in [6, 6.07) is 43.7. The van der Waals surface area contributed by atoms with Crippen molar-refractivity contribution in [3.05, 3.63) is 127 Å². The maximum absolute atomic E-state index is 4.96. The van der Waals surface area contributed by atoms with Gasteiger partial charge in [0.1, 0.15) is 0 Å². The zero-order valence-corrected chi connectivity index (χ0v) is 17.1. The van der Waals surface area contributed by atoms with E-state index in [-0.39, 0.29) is 0 Å². The van der Waals surface area contributed by atoms with Crippen LogP contribution < -0.4 is 5.32 Å². The quantitative estimate of drug-likeness (QED) is 0.326. The van der Waals surface area contributed by atoms with Gasteiger partial charge in [-0.2, -0.15) is 0 Å². The molecule has 5 rings (SSSR count). The summed E-state index contributed by atoms with van der Waals surface area (Å²) < 4.78 is 0. The minimum atomic E-state index is 0.946. The average Bonchev–Trinajstić information content (AvgIpc) is 2.86. The van der Waals surface area contributed by atoms with Gasteiger partial charge in [0.2, 0.25) is 0 Å². The van der Waals surface area contributed by atoms with Crippen LogP contribution in [0.5, 0.6) is 0 Å². The van der Waals surface area contributed by atoms with Gasteiger partial charge in [0.25, 0.3) is 0 Å². The highest BCUT2D eigenvalue weighted by Crippen LogP contribution is 2.33. The monoisotopic (exact) mass is 398 g/mol. The number of benzene rings is 4. The Kier molecular flexibility index (Phi) is 5.27. The molecule has 0 aliphatic carbocycles. The number of nitrogens with zero attached hydrogens (tertiary/aromatic N) is 1. The van der Waals surface area contributed by atoms with Gasteiger partial charge in [0.15, 0.2) is 0 Å². The summed E-state index contributed by atoms with van der Waals surface area (Å²) in [7, 11) is 0. The zero-order chi connectivity index (χ0) is 20.9. The third-order valence-electron chi connectivity index (χ3n) is 5.26. The van der Waals surface area contributed by atoms with Gasteiger partial charge in [0.05, 0.1) is 11.4 Å². The molecule has 0 saturated carbocycles. The predicted molar refractivity (Wildman–Crippen MR) is 130 cm³/mol. The van der Waals surface area contributed by atoms with Crippen LogP contribution in [0.1, 0.15) is 0 Å². The van der Waals surface area contributed by atoms with Crippen LogP contribution in [-0.2, 0) is 0 Å². The first-order valence-corrected chi connectivity index (χ1v) is 10.4. The minimum Gasteiger partial charge on any atom is -0.355 e. The van der Waals surface area contributed by atoms with Crippen LogP contribution in [0.15, 0.2) is 127 Å². The van der Waals surface area contributed by atoms with Crippen molar-refractivity contribution in [3.8, 4) is 33.6 Å². The summed E-state index contributed by atoms with van der Waals surface area (Å²) in [5.41, 5.74) is 8.52. The van der Waals surface area contributed by atoms with Crippen molar-refractivity contribution in [1.82, 2.24) is 4.98 Å². The van der Waals surface area contributed by atoms with Crippen molar-refractivity contribution >= 4 is 11.4 Å². The van der Waals surface area contributed by atoms with E-state index in [9.17, 15) is 0 Å². The molecule has 0 fully saturated rings. The van der Waals surface area contributed by atoms with E-state index in [0.29, 0.717) is 0 Å². The number of hydrogen-bond donors (Lipinski definition) is 1. The van der Waals surface area contributed by atoms with Crippen LogP contribution in [0.25, 0.3) is 33.6 Å². The Morgan fingerprint density at radius 3 is 1.45 bits per heavy atom. The second kappa shape index (κ2) is 8.68. The van der Waals surface area contributed by atoms with Crippen LogP contribution in [-0.4, -0.2) is 4.98 Å². The lowest BCUT2D eigenvalue weighted by Crippen LogP contribution is -1.97. The molecule has 0 spiro atoms. The highest BCUT2D eigenvalue weighted by atomic mass is 14.9. The molecule has 2 nitrogen and oxygen atoms in total. The molecule has 1 heterocycles. The van der Waals surface area contributed by atoms with E-state index >= 15 is 0 Å². The van der Waals surface area contributed by atoms with E-state index in [1.165, 1.54) is 11.1 Å². The maximum atomic E-state index is 4.96. The molecule has 1 aromatic heterocycles. The summed E-state index contributed by atoms with van der Waals surface area (Å²) >= 11 is 0. The highest BCUT2D eigenvalue weighted by Gasteiger charge is 2.10. The molecule has 148 valence electrons. The van der Waals surface area contributed by atoms with Crippen molar-refractivity contribution < 1.29 is 0 Å². The summed E-state index contributed by atoms with van der Waals surface area (Å²) in [6.45, 7) is 0. The first-order chi connectivity index (χ1) is 15.4. The molecule has 5 aromatic rings. The Labute approximate surface area is 182 Å². The summed E-state index contributed by atoms with van der Waals surface area (Å²) in [6.07, 6.45) is 0. The first-order valence-electron chi connectivity index (χ1n) is 10.4. The molecule has 31 heavy (non-hydrogen) atoms. The van der Waals surface area contributed by atoms with Crippen molar-refractivity contribution in [3.63, 3.8) is 0 Å². The van der Waals surface area contributed by atoms with Gasteiger partial charge >= 0.3 is 0 Å². The van der Waals surface area contributed by atoms with Gasteiger partial charge < -0.3 is 5.32 Å². The van der Waals surface area contributed by atoms with Gasteiger partial charge in [-0.25, -0.2) is 4.98 Å². The molecule has 0 aliphatic rings. The normalized spacial score (nSPS) is 10.6. The SMILES string of the molecule is c1ccc(-c2cc(Nc3ccccc3-c3ccccc3)cc(-c3ccccc3)n2)cc1. The molecule has 0 bridgehead atoms. The molecular formula is C29H22N2. The fraction of sp³-hybridized carbons (Fsp3) is 0.